The minimum absolute atomic E-state index is 0.0930. The molecule has 0 radical (unpaired) electrons. The monoisotopic (exact) mass is 367 g/mol. The van der Waals surface area contributed by atoms with Gasteiger partial charge >= 0.3 is 0 Å². The van der Waals surface area contributed by atoms with Gasteiger partial charge in [-0.25, -0.2) is 4.68 Å². The molecule has 132 valence electrons. The molecule has 3 aromatic rings. The molecule has 26 heavy (non-hydrogen) atoms. The van der Waals surface area contributed by atoms with E-state index in [0.29, 0.717) is 16.4 Å². The lowest BCUT2D eigenvalue weighted by Crippen LogP contribution is -2.16. The lowest BCUT2D eigenvalue weighted by atomic mass is 10.1. The molecule has 6 heteroatoms. The number of benzene rings is 2. The molecule has 0 spiro atoms. The second kappa shape index (κ2) is 7.97. The van der Waals surface area contributed by atoms with E-state index in [1.165, 1.54) is 0 Å². The van der Waals surface area contributed by atoms with Crippen molar-refractivity contribution in [2.24, 2.45) is 0 Å². The molecule has 0 aliphatic rings. The molecule has 1 heterocycles. The first-order chi connectivity index (χ1) is 12.5. The number of hydrogen-bond donors (Lipinski definition) is 1. The van der Waals surface area contributed by atoms with E-state index in [1.807, 2.05) is 37.3 Å². The summed E-state index contributed by atoms with van der Waals surface area (Å²) in [5.74, 6) is 0.256. The van der Waals surface area contributed by atoms with Crippen LogP contribution in [-0.2, 0) is 4.79 Å². The lowest BCUT2D eigenvalue weighted by molar-refractivity contribution is -0.116. The predicted octanol–water partition coefficient (Wildman–Crippen LogP) is 4.44. The van der Waals surface area contributed by atoms with Crippen LogP contribution in [0.3, 0.4) is 0 Å². The van der Waals surface area contributed by atoms with Crippen LogP contribution in [0.1, 0.15) is 28.9 Å². The highest BCUT2D eigenvalue weighted by atomic mass is 35.5. The maximum absolute atomic E-state index is 12.3. The van der Waals surface area contributed by atoms with Crippen LogP contribution in [0.15, 0.2) is 60.7 Å². The highest BCUT2D eigenvalue weighted by Gasteiger charge is 2.13. The molecule has 2 aromatic carbocycles. The summed E-state index contributed by atoms with van der Waals surface area (Å²) in [6.45, 7) is 1.86. The van der Waals surface area contributed by atoms with E-state index in [2.05, 4.69) is 10.4 Å². The van der Waals surface area contributed by atoms with E-state index in [4.69, 9.17) is 11.6 Å². The number of hydrogen-bond acceptors (Lipinski definition) is 3. The van der Waals surface area contributed by atoms with Gasteiger partial charge in [0.25, 0.3) is 0 Å². The van der Waals surface area contributed by atoms with Crippen molar-refractivity contribution in [3.05, 3.63) is 76.9 Å². The Labute approximate surface area is 156 Å². The topological polar surface area (TPSA) is 64.0 Å². The van der Waals surface area contributed by atoms with Crippen molar-refractivity contribution in [3.8, 4) is 5.69 Å². The number of Topliss-reactive ketones (excluding diaryl/α,β-unsaturated/α-hetero) is 1. The Morgan fingerprint density at radius 1 is 1.04 bits per heavy atom. The van der Waals surface area contributed by atoms with Crippen molar-refractivity contribution in [2.45, 2.75) is 19.8 Å². The van der Waals surface area contributed by atoms with Crippen LogP contribution in [0, 0.1) is 6.92 Å². The molecule has 1 amide bonds. The number of nitrogens with zero attached hydrogens (tertiary/aromatic N) is 2. The smallest absolute Gasteiger partial charge is 0.225 e. The highest BCUT2D eigenvalue weighted by Crippen LogP contribution is 2.18. The number of aromatic nitrogens is 2. The van der Waals surface area contributed by atoms with Gasteiger partial charge in [0.1, 0.15) is 5.82 Å². The van der Waals surface area contributed by atoms with Crippen molar-refractivity contribution in [2.75, 3.05) is 5.32 Å². The fourth-order valence-corrected chi connectivity index (χ4v) is 2.69. The summed E-state index contributed by atoms with van der Waals surface area (Å²) in [5.41, 5.74) is 2.20. The summed E-state index contributed by atoms with van der Waals surface area (Å²) in [5, 5.41) is 7.81. The molecular formula is C20H18ClN3O2. The maximum atomic E-state index is 12.3. The number of rotatable bonds is 6. The normalized spacial score (nSPS) is 10.5. The molecule has 1 N–H and O–H groups in total. The largest absolute Gasteiger partial charge is 0.311 e. The zero-order valence-electron chi connectivity index (χ0n) is 14.3. The summed E-state index contributed by atoms with van der Waals surface area (Å²) < 4.78 is 1.67. The van der Waals surface area contributed by atoms with Crippen molar-refractivity contribution in [1.82, 2.24) is 9.78 Å². The van der Waals surface area contributed by atoms with Gasteiger partial charge in [-0.1, -0.05) is 29.8 Å². The third kappa shape index (κ3) is 4.37. The van der Waals surface area contributed by atoms with E-state index < -0.39 is 0 Å². The molecule has 0 aliphatic heterocycles. The predicted molar refractivity (Wildman–Crippen MR) is 102 cm³/mol. The first-order valence-corrected chi connectivity index (χ1v) is 8.61. The number of halogens is 1. The number of aryl methyl sites for hydroxylation is 1. The summed E-state index contributed by atoms with van der Waals surface area (Å²) in [6, 6.07) is 18.0. The number of amides is 1. The van der Waals surface area contributed by atoms with Crippen LogP contribution >= 0.6 is 11.6 Å². The molecule has 0 aliphatic carbocycles. The molecule has 5 nitrogen and oxygen atoms in total. The third-order valence-corrected chi connectivity index (χ3v) is 4.10. The number of nitrogens with one attached hydrogen (secondary N) is 1. The van der Waals surface area contributed by atoms with Crippen molar-refractivity contribution < 1.29 is 9.59 Å². The Balaban J connectivity index is 1.64. The van der Waals surface area contributed by atoms with Crippen LogP contribution in [0.25, 0.3) is 5.69 Å². The van der Waals surface area contributed by atoms with Crippen LogP contribution in [0.5, 0.6) is 0 Å². The van der Waals surface area contributed by atoms with Gasteiger partial charge < -0.3 is 5.32 Å². The Kier molecular flexibility index (Phi) is 5.49. The van der Waals surface area contributed by atoms with Gasteiger partial charge in [0, 0.05) is 29.5 Å². The van der Waals surface area contributed by atoms with Crippen LogP contribution in [0.2, 0.25) is 5.02 Å². The standard InChI is InChI=1S/C20H18ClN3O2/c1-14-13-19(24(23-14)17-5-3-2-4-6-17)22-20(26)12-11-18(25)15-7-9-16(21)10-8-15/h2-10,13H,11-12H2,1H3,(H,22,26). The van der Waals surface area contributed by atoms with Gasteiger partial charge in [0.15, 0.2) is 5.78 Å². The van der Waals surface area contributed by atoms with E-state index in [9.17, 15) is 9.59 Å². The average Bonchev–Trinajstić information content (AvgIpc) is 3.01. The van der Waals surface area contributed by atoms with Gasteiger partial charge in [-0.2, -0.15) is 5.10 Å². The highest BCUT2D eigenvalue weighted by molar-refractivity contribution is 6.30. The number of carbonyl (C=O) groups excluding carboxylic acids is 2. The van der Waals surface area contributed by atoms with Crippen LogP contribution < -0.4 is 5.32 Å². The lowest BCUT2D eigenvalue weighted by Gasteiger charge is -2.08. The average molecular weight is 368 g/mol. The molecule has 3 rings (SSSR count). The Morgan fingerprint density at radius 2 is 1.73 bits per heavy atom. The van der Waals surface area contributed by atoms with Crippen LogP contribution in [-0.4, -0.2) is 21.5 Å². The SMILES string of the molecule is Cc1cc(NC(=O)CCC(=O)c2ccc(Cl)cc2)n(-c2ccccc2)n1. The molecule has 0 saturated carbocycles. The third-order valence-electron chi connectivity index (χ3n) is 3.85. The fourth-order valence-electron chi connectivity index (χ4n) is 2.57. The van der Waals surface area contributed by atoms with Gasteiger partial charge in [-0.15, -0.1) is 0 Å². The molecule has 0 fully saturated rings. The molecule has 0 bridgehead atoms. The second-order valence-electron chi connectivity index (χ2n) is 5.90. The van der Waals surface area contributed by atoms with E-state index in [0.717, 1.165) is 11.4 Å². The van der Waals surface area contributed by atoms with Gasteiger partial charge in [-0.05, 0) is 43.3 Å². The van der Waals surface area contributed by atoms with Crippen molar-refractivity contribution >= 4 is 29.1 Å². The molecular weight excluding hydrogens is 350 g/mol. The Morgan fingerprint density at radius 3 is 2.42 bits per heavy atom. The minimum atomic E-state index is -0.232. The minimum Gasteiger partial charge on any atom is -0.311 e. The Hall–Kier alpha value is -2.92. The summed E-state index contributed by atoms with van der Waals surface area (Å²) in [6.07, 6.45) is 0.229. The molecule has 1 aromatic heterocycles. The number of anilines is 1. The van der Waals surface area contributed by atoms with Gasteiger partial charge in [0.2, 0.25) is 5.91 Å². The molecule has 0 saturated heterocycles. The number of carbonyl (C=O) groups is 2. The second-order valence-corrected chi connectivity index (χ2v) is 6.33. The summed E-state index contributed by atoms with van der Waals surface area (Å²) >= 11 is 5.82. The summed E-state index contributed by atoms with van der Waals surface area (Å²) in [7, 11) is 0. The first-order valence-electron chi connectivity index (χ1n) is 8.23. The number of para-hydroxylation sites is 1. The molecule has 0 unspecified atom stereocenters. The van der Waals surface area contributed by atoms with Gasteiger partial charge in [0.05, 0.1) is 11.4 Å². The van der Waals surface area contributed by atoms with Crippen molar-refractivity contribution in [3.63, 3.8) is 0 Å². The number of ketones is 1. The zero-order valence-corrected chi connectivity index (χ0v) is 15.0. The Bertz CT molecular complexity index is 918. The van der Waals surface area contributed by atoms with E-state index in [-0.39, 0.29) is 24.5 Å². The molecule has 0 atom stereocenters. The van der Waals surface area contributed by atoms with Crippen molar-refractivity contribution in [1.29, 1.82) is 0 Å². The summed E-state index contributed by atoms with van der Waals surface area (Å²) in [4.78, 5) is 24.4. The zero-order chi connectivity index (χ0) is 18.5. The van der Waals surface area contributed by atoms with Gasteiger partial charge in [-0.3, -0.25) is 9.59 Å². The van der Waals surface area contributed by atoms with E-state index >= 15 is 0 Å². The van der Waals surface area contributed by atoms with Crippen LogP contribution in [0.4, 0.5) is 5.82 Å². The maximum Gasteiger partial charge on any atom is 0.225 e. The fraction of sp³-hybridized carbons (Fsp3) is 0.150. The quantitative estimate of drug-likeness (QED) is 0.655. The van der Waals surface area contributed by atoms with E-state index in [1.54, 1.807) is 35.0 Å². The first kappa shape index (κ1) is 17.9.